The van der Waals surface area contributed by atoms with Gasteiger partial charge >= 0.3 is 0 Å². The lowest BCUT2D eigenvalue weighted by Crippen LogP contribution is -2.37. The molecule has 0 amide bonds. The Morgan fingerprint density at radius 1 is 1.00 bits per heavy atom. The van der Waals surface area contributed by atoms with Gasteiger partial charge in [-0.05, 0) is 24.3 Å². The first-order chi connectivity index (χ1) is 11.3. The molecule has 124 valence electrons. The minimum Gasteiger partial charge on any atom is -0.490 e. The molecule has 0 heterocycles. The maximum Gasteiger partial charge on any atom is 0.127 e. The molecule has 0 bridgehead atoms. The number of nitrogens with one attached hydrogen (secondary N) is 1. The number of ether oxygens (including phenoxy) is 1. The van der Waals surface area contributed by atoms with Crippen molar-refractivity contribution in [2.45, 2.75) is 50.7 Å². The molecule has 2 aromatic rings. The second-order valence-electron chi connectivity index (χ2n) is 6.54. The van der Waals surface area contributed by atoms with Gasteiger partial charge in [0, 0.05) is 18.0 Å². The van der Waals surface area contributed by atoms with Crippen LogP contribution in [-0.2, 0) is 0 Å². The molecule has 1 fully saturated rings. The number of aliphatic hydroxyl groups is 1. The first-order valence-corrected chi connectivity index (χ1v) is 8.85. The van der Waals surface area contributed by atoms with Crippen LogP contribution < -0.4 is 10.1 Å². The zero-order valence-electron chi connectivity index (χ0n) is 13.7. The van der Waals surface area contributed by atoms with Crippen molar-refractivity contribution in [3.63, 3.8) is 0 Å². The topological polar surface area (TPSA) is 41.5 Å². The SMILES string of the molecule is O[C@H](CNC1CCCCCC1)COc1cccc2ccccc12. The van der Waals surface area contributed by atoms with Crippen molar-refractivity contribution >= 4 is 10.8 Å². The Morgan fingerprint density at radius 2 is 1.74 bits per heavy atom. The van der Waals surface area contributed by atoms with E-state index in [1.807, 2.05) is 24.3 Å². The Kier molecular flexibility index (Phi) is 5.89. The van der Waals surface area contributed by atoms with Crippen molar-refractivity contribution in [2.24, 2.45) is 0 Å². The van der Waals surface area contributed by atoms with Gasteiger partial charge in [0.2, 0.25) is 0 Å². The van der Waals surface area contributed by atoms with Gasteiger partial charge in [-0.2, -0.15) is 0 Å². The third kappa shape index (κ3) is 4.69. The van der Waals surface area contributed by atoms with E-state index in [0.717, 1.165) is 16.5 Å². The molecule has 0 radical (unpaired) electrons. The highest BCUT2D eigenvalue weighted by molar-refractivity contribution is 5.88. The van der Waals surface area contributed by atoms with Gasteiger partial charge in [0.15, 0.2) is 0 Å². The van der Waals surface area contributed by atoms with Crippen LogP contribution in [0.4, 0.5) is 0 Å². The van der Waals surface area contributed by atoms with Gasteiger partial charge in [0.1, 0.15) is 18.5 Å². The summed E-state index contributed by atoms with van der Waals surface area (Å²) >= 11 is 0. The zero-order valence-corrected chi connectivity index (χ0v) is 13.7. The van der Waals surface area contributed by atoms with Gasteiger partial charge in [-0.1, -0.05) is 62.1 Å². The summed E-state index contributed by atoms with van der Waals surface area (Å²) in [6, 6.07) is 14.8. The molecule has 0 unspecified atom stereocenters. The van der Waals surface area contributed by atoms with Gasteiger partial charge in [-0.15, -0.1) is 0 Å². The quantitative estimate of drug-likeness (QED) is 0.795. The average Bonchev–Trinajstić information content (AvgIpc) is 2.87. The Balaban J connectivity index is 1.49. The van der Waals surface area contributed by atoms with E-state index in [9.17, 15) is 5.11 Å². The number of hydrogen-bond donors (Lipinski definition) is 2. The van der Waals surface area contributed by atoms with Crippen LogP contribution in [-0.4, -0.2) is 30.4 Å². The Hall–Kier alpha value is -1.58. The molecule has 0 spiro atoms. The monoisotopic (exact) mass is 313 g/mol. The van der Waals surface area contributed by atoms with E-state index in [0.29, 0.717) is 19.2 Å². The lowest BCUT2D eigenvalue weighted by atomic mass is 10.1. The molecule has 23 heavy (non-hydrogen) atoms. The molecule has 0 saturated heterocycles. The normalized spacial score (nSPS) is 17.8. The van der Waals surface area contributed by atoms with Crippen LogP contribution in [0.1, 0.15) is 38.5 Å². The summed E-state index contributed by atoms with van der Waals surface area (Å²) in [6.07, 6.45) is 7.31. The Bertz CT molecular complexity index is 600. The predicted molar refractivity (Wildman–Crippen MR) is 94.9 cm³/mol. The first-order valence-electron chi connectivity index (χ1n) is 8.85. The van der Waals surface area contributed by atoms with E-state index in [-0.39, 0.29) is 0 Å². The molecule has 2 aromatic carbocycles. The molecule has 1 aliphatic rings. The summed E-state index contributed by atoms with van der Waals surface area (Å²) in [4.78, 5) is 0. The van der Waals surface area contributed by atoms with Gasteiger partial charge in [-0.3, -0.25) is 0 Å². The van der Waals surface area contributed by atoms with Crippen LogP contribution in [0.3, 0.4) is 0 Å². The van der Waals surface area contributed by atoms with Crippen LogP contribution in [0, 0.1) is 0 Å². The van der Waals surface area contributed by atoms with E-state index in [4.69, 9.17) is 4.74 Å². The highest BCUT2D eigenvalue weighted by Crippen LogP contribution is 2.25. The maximum atomic E-state index is 10.2. The number of rotatable bonds is 6. The van der Waals surface area contributed by atoms with Gasteiger partial charge in [0.05, 0.1) is 0 Å². The number of fused-ring (bicyclic) bond motifs is 1. The van der Waals surface area contributed by atoms with Crippen molar-refractivity contribution in [1.29, 1.82) is 0 Å². The molecule has 0 aliphatic heterocycles. The van der Waals surface area contributed by atoms with Crippen LogP contribution in [0.2, 0.25) is 0 Å². The minimum absolute atomic E-state index is 0.327. The second kappa shape index (κ2) is 8.32. The maximum absolute atomic E-state index is 10.2. The average molecular weight is 313 g/mol. The summed E-state index contributed by atoms with van der Waals surface area (Å²) in [6.45, 7) is 0.934. The number of hydrogen-bond acceptors (Lipinski definition) is 3. The molecule has 0 aromatic heterocycles. The Labute approximate surface area is 138 Å². The largest absolute Gasteiger partial charge is 0.490 e. The fraction of sp³-hybridized carbons (Fsp3) is 0.500. The van der Waals surface area contributed by atoms with E-state index in [2.05, 4.69) is 23.5 Å². The van der Waals surface area contributed by atoms with E-state index in [1.54, 1.807) is 0 Å². The van der Waals surface area contributed by atoms with E-state index in [1.165, 1.54) is 38.5 Å². The molecule has 1 aliphatic carbocycles. The second-order valence-corrected chi connectivity index (χ2v) is 6.54. The molecular weight excluding hydrogens is 286 g/mol. The highest BCUT2D eigenvalue weighted by Gasteiger charge is 2.14. The summed E-state index contributed by atoms with van der Waals surface area (Å²) in [5.74, 6) is 0.844. The molecule has 1 atom stereocenters. The van der Waals surface area contributed by atoms with Crippen molar-refractivity contribution in [2.75, 3.05) is 13.2 Å². The van der Waals surface area contributed by atoms with Crippen molar-refractivity contribution < 1.29 is 9.84 Å². The summed E-state index contributed by atoms with van der Waals surface area (Å²) in [5, 5.41) is 16.0. The van der Waals surface area contributed by atoms with Crippen LogP contribution in [0.5, 0.6) is 5.75 Å². The fourth-order valence-electron chi connectivity index (χ4n) is 3.35. The number of aliphatic hydroxyl groups excluding tert-OH is 1. The number of benzene rings is 2. The van der Waals surface area contributed by atoms with Gasteiger partial charge in [0.25, 0.3) is 0 Å². The smallest absolute Gasteiger partial charge is 0.127 e. The van der Waals surface area contributed by atoms with Crippen molar-refractivity contribution in [1.82, 2.24) is 5.32 Å². The summed E-state index contributed by atoms with van der Waals surface area (Å²) in [7, 11) is 0. The van der Waals surface area contributed by atoms with Crippen molar-refractivity contribution in [3.05, 3.63) is 42.5 Å². The third-order valence-corrected chi connectivity index (χ3v) is 4.68. The van der Waals surface area contributed by atoms with Crippen LogP contribution >= 0.6 is 0 Å². The van der Waals surface area contributed by atoms with Crippen molar-refractivity contribution in [3.8, 4) is 5.75 Å². The molecule has 2 N–H and O–H groups in total. The summed E-state index contributed by atoms with van der Waals surface area (Å²) < 4.78 is 5.86. The standard InChI is InChI=1S/C20H27NO2/c22-18(14-21-17-10-3-1-2-4-11-17)15-23-20-13-7-9-16-8-5-6-12-19(16)20/h5-9,12-13,17-18,21-22H,1-4,10-11,14-15H2/t18-/m1/s1. The third-order valence-electron chi connectivity index (χ3n) is 4.68. The molecule has 1 saturated carbocycles. The molecule has 3 rings (SSSR count). The minimum atomic E-state index is -0.475. The lowest BCUT2D eigenvalue weighted by molar-refractivity contribution is 0.104. The molecule has 3 heteroatoms. The first kappa shape index (κ1) is 16.3. The molecular formula is C20H27NO2. The van der Waals surface area contributed by atoms with Gasteiger partial charge in [-0.25, -0.2) is 0 Å². The van der Waals surface area contributed by atoms with E-state index < -0.39 is 6.10 Å². The van der Waals surface area contributed by atoms with E-state index >= 15 is 0 Å². The lowest BCUT2D eigenvalue weighted by Gasteiger charge is -2.19. The van der Waals surface area contributed by atoms with Crippen LogP contribution in [0.25, 0.3) is 10.8 Å². The van der Waals surface area contributed by atoms with Gasteiger partial charge < -0.3 is 15.2 Å². The fourth-order valence-corrected chi connectivity index (χ4v) is 3.35. The van der Waals surface area contributed by atoms with Crippen LogP contribution in [0.15, 0.2) is 42.5 Å². The molecule has 3 nitrogen and oxygen atoms in total. The zero-order chi connectivity index (χ0) is 15.9. The Morgan fingerprint density at radius 3 is 2.57 bits per heavy atom. The highest BCUT2D eigenvalue weighted by atomic mass is 16.5. The predicted octanol–water partition coefficient (Wildman–Crippen LogP) is 3.89. The summed E-state index contributed by atoms with van der Waals surface area (Å²) in [5.41, 5.74) is 0.